The van der Waals surface area contributed by atoms with Gasteiger partial charge in [-0.15, -0.1) is 11.3 Å². The summed E-state index contributed by atoms with van der Waals surface area (Å²) in [6.07, 6.45) is -0.257. The number of thiophene rings is 1. The summed E-state index contributed by atoms with van der Waals surface area (Å²) in [4.78, 5) is 42.5. The van der Waals surface area contributed by atoms with Gasteiger partial charge < -0.3 is 15.0 Å². The fourth-order valence-corrected chi connectivity index (χ4v) is 4.23. The fraction of sp³-hybridized carbons (Fsp3) is 0.174. The first-order valence-corrected chi connectivity index (χ1v) is 10.7. The number of amides is 4. The third-order valence-corrected chi connectivity index (χ3v) is 5.88. The van der Waals surface area contributed by atoms with E-state index >= 15 is 0 Å². The highest BCUT2D eigenvalue weighted by atomic mass is 32.1. The Morgan fingerprint density at radius 2 is 1.94 bits per heavy atom. The predicted molar refractivity (Wildman–Crippen MR) is 119 cm³/mol. The molecule has 0 spiro atoms. The highest BCUT2D eigenvalue weighted by Gasteiger charge is 2.46. The third kappa shape index (κ3) is 4.47. The van der Waals surface area contributed by atoms with Gasteiger partial charge in [0.1, 0.15) is 17.6 Å². The molecular weight excluding hydrogens is 433 g/mol. The van der Waals surface area contributed by atoms with Gasteiger partial charge in [0, 0.05) is 16.6 Å². The van der Waals surface area contributed by atoms with E-state index in [4.69, 9.17) is 4.74 Å². The van der Waals surface area contributed by atoms with Crippen LogP contribution in [0, 0.1) is 5.82 Å². The number of anilines is 2. The molecule has 3 aromatic rings. The van der Waals surface area contributed by atoms with Crippen molar-refractivity contribution < 1.29 is 23.5 Å². The molecule has 7 nitrogen and oxygen atoms in total. The molecule has 4 amide bonds. The number of carbonyl (C=O) groups is 3. The number of methoxy groups -OCH3 is 1. The van der Waals surface area contributed by atoms with Crippen molar-refractivity contribution in [1.29, 1.82) is 0 Å². The summed E-state index contributed by atoms with van der Waals surface area (Å²) < 4.78 is 18.6. The molecule has 1 fully saturated rings. The van der Waals surface area contributed by atoms with E-state index in [9.17, 15) is 18.8 Å². The lowest BCUT2D eigenvalue weighted by Crippen LogP contribution is -2.37. The number of rotatable bonds is 7. The largest absolute Gasteiger partial charge is 0.497 e. The van der Waals surface area contributed by atoms with Crippen LogP contribution in [0.2, 0.25) is 0 Å². The van der Waals surface area contributed by atoms with E-state index in [-0.39, 0.29) is 18.7 Å². The van der Waals surface area contributed by atoms with Crippen molar-refractivity contribution in [3.8, 4) is 5.75 Å². The summed E-state index contributed by atoms with van der Waals surface area (Å²) in [7, 11) is 1.50. The Morgan fingerprint density at radius 3 is 2.66 bits per heavy atom. The van der Waals surface area contributed by atoms with E-state index in [0.29, 0.717) is 11.4 Å². The van der Waals surface area contributed by atoms with Gasteiger partial charge in [-0.2, -0.15) is 0 Å². The second kappa shape index (κ2) is 9.19. The Labute approximate surface area is 188 Å². The number of hydrogen-bond donors (Lipinski definition) is 1. The Bertz CT molecular complexity index is 1150. The summed E-state index contributed by atoms with van der Waals surface area (Å²) in [5, 5.41) is 4.47. The Kier molecular flexibility index (Phi) is 6.18. The van der Waals surface area contributed by atoms with E-state index in [2.05, 4.69) is 5.32 Å². The molecule has 9 heteroatoms. The number of nitrogens with zero attached hydrogens (tertiary/aromatic N) is 2. The zero-order valence-electron chi connectivity index (χ0n) is 17.2. The molecule has 0 saturated carbocycles. The molecule has 164 valence electrons. The van der Waals surface area contributed by atoms with Crippen molar-refractivity contribution in [2.24, 2.45) is 0 Å². The number of benzene rings is 2. The Hall–Kier alpha value is -3.72. The van der Waals surface area contributed by atoms with E-state index in [0.717, 1.165) is 9.78 Å². The van der Waals surface area contributed by atoms with Gasteiger partial charge in [-0.3, -0.25) is 9.59 Å². The number of imide groups is 1. The number of halogens is 1. The molecular formula is C23H20FN3O4S. The smallest absolute Gasteiger partial charge is 0.332 e. The monoisotopic (exact) mass is 453 g/mol. The molecule has 1 N–H and O–H groups in total. The molecule has 1 aliphatic heterocycles. The van der Waals surface area contributed by atoms with Crippen LogP contribution in [0.5, 0.6) is 5.75 Å². The van der Waals surface area contributed by atoms with Crippen LogP contribution in [0.1, 0.15) is 11.3 Å². The van der Waals surface area contributed by atoms with Crippen molar-refractivity contribution in [3.05, 3.63) is 76.7 Å². The molecule has 0 bridgehead atoms. The summed E-state index contributed by atoms with van der Waals surface area (Å²) >= 11 is 1.46. The molecule has 0 unspecified atom stereocenters. The second-order valence-corrected chi connectivity index (χ2v) is 8.18. The predicted octanol–water partition coefficient (Wildman–Crippen LogP) is 4.26. The van der Waals surface area contributed by atoms with Gasteiger partial charge in [0.25, 0.3) is 5.91 Å². The summed E-state index contributed by atoms with van der Waals surface area (Å²) in [6, 6.07) is 14.3. The SMILES string of the molecule is COc1cccc(N2C(=O)[C@H](CC(=O)Nc3cccc(F)c3)N(Cc3cccs3)C2=O)c1. The van der Waals surface area contributed by atoms with Crippen LogP contribution >= 0.6 is 11.3 Å². The topological polar surface area (TPSA) is 79.0 Å². The van der Waals surface area contributed by atoms with E-state index in [1.165, 1.54) is 41.5 Å². The first-order valence-electron chi connectivity index (χ1n) is 9.82. The fourth-order valence-electron chi connectivity index (χ4n) is 3.53. The summed E-state index contributed by atoms with van der Waals surface area (Å²) in [5.74, 6) is -0.988. The first kappa shape index (κ1) is 21.5. The lowest BCUT2D eigenvalue weighted by atomic mass is 10.1. The third-order valence-electron chi connectivity index (χ3n) is 5.02. The molecule has 1 atom stereocenters. The van der Waals surface area contributed by atoms with Crippen molar-refractivity contribution in [3.63, 3.8) is 0 Å². The van der Waals surface area contributed by atoms with Crippen LogP contribution in [0.4, 0.5) is 20.6 Å². The highest BCUT2D eigenvalue weighted by Crippen LogP contribution is 2.31. The minimum absolute atomic E-state index is 0.195. The zero-order valence-corrected chi connectivity index (χ0v) is 18.0. The molecule has 1 aliphatic rings. The van der Waals surface area contributed by atoms with Crippen LogP contribution in [-0.2, 0) is 16.1 Å². The van der Waals surface area contributed by atoms with Gasteiger partial charge in [-0.05, 0) is 41.8 Å². The number of nitrogens with one attached hydrogen (secondary N) is 1. The van der Waals surface area contributed by atoms with Crippen molar-refractivity contribution in [1.82, 2.24) is 4.90 Å². The van der Waals surface area contributed by atoms with Gasteiger partial charge in [0.05, 0.1) is 25.8 Å². The van der Waals surface area contributed by atoms with E-state index < -0.39 is 29.7 Å². The lowest BCUT2D eigenvalue weighted by Gasteiger charge is -2.21. The molecule has 1 saturated heterocycles. The molecule has 0 aliphatic carbocycles. The quantitative estimate of drug-likeness (QED) is 0.542. The number of hydrogen-bond acceptors (Lipinski definition) is 5. The van der Waals surface area contributed by atoms with Gasteiger partial charge in [-0.25, -0.2) is 14.1 Å². The molecule has 2 aromatic carbocycles. The summed E-state index contributed by atoms with van der Waals surface area (Å²) in [5.41, 5.74) is 0.643. The van der Waals surface area contributed by atoms with Crippen LogP contribution in [-0.4, -0.2) is 35.9 Å². The van der Waals surface area contributed by atoms with E-state index in [1.54, 1.807) is 30.3 Å². The normalized spacial score (nSPS) is 15.9. The first-order chi connectivity index (χ1) is 15.5. The number of ether oxygens (including phenoxy) is 1. The summed E-state index contributed by atoms with van der Waals surface area (Å²) in [6.45, 7) is 0.195. The van der Waals surface area contributed by atoms with Crippen LogP contribution < -0.4 is 15.0 Å². The number of urea groups is 1. The number of carbonyl (C=O) groups excluding carboxylic acids is 3. The van der Waals surface area contributed by atoms with Crippen molar-refractivity contribution >= 4 is 40.6 Å². The van der Waals surface area contributed by atoms with Gasteiger partial charge in [0.15, 0.2) is 0 Å². The maximum Gasteiger partial charge on any atom is 0.332 e. The van der Waals surface area contributed by atoms with E-state index in [1.807, 2.05) is 17.5 Å². The minimum atomic E-state index is -0.996. The maximum atomic E-state index is 13.4. The molecule has 2 heterocycles. The Morgan fingerprint density at radius 1 is 1.12 bits per heavy atom. The Balaban J connectivity index is 1.60. The second-order valence-electron chi connectivity index (χ2n) is 7.14. The minimum Gasteiger partial charge on any atom is -0.497 e. The zero-order chi connectivity index (χ0) is 22.7. The van der Waals surface area contributed by atoms with Gasteiger partial charge in [0.2, 0.25) is 5.91 Å². The molecule has 4 rings (SSSR count). The average Bonchev–Trinajstić information content (AvgIpc) is 3.36. The highest BCUT2D eigenvalue weighted by molar-refractivity contribution is 7.09. The molecule has 0 radical (unpaired) electrons. The van der Waals surface area contributed by atoms with Crippen molar-refractivity contribution in [2.75, 3.05) is 17.3 Å². The van der Waals surface area contributed by atoms with Crippen LogP contribution in [0.25, 0.3) is 0 Å². The maximum absolute atomic E-state index is 13.4. The van der Waals surface area contributed by atoms with Crippen molar-refractivity contribution in [2.45, 2.75) is 19.0 Å². The van der Waals surface area contributed by atoms with Crippen LogP contribution in [0.3, 0.4) is 0 Å². The average molecular weight is 453 g/mol. The molecule has 1 aromatic heterocycles. The van der Waals surface area contributed by atoms with Gasteiger partial charge in [-0.1, -0.05) is 18.2 Å². The van der Waals surface area contributed by atoms with Gasteiger partial charge >= 0.3 is 6.03 Å². The lowest BCUT2D eigenvalue weighted by molar-refractivity contribution is -0.124. The van der Waals surface area contributed by atoms with Crippen LogP contribution in [0.15, 0.2) is 66.0 Å². The standard InChI is InChI=1S/C23H20FN3O4S/c1-31-18-8-3-7-17(12-18)27-22(29)20(26(23(27)30)14-19-9-4-10-32-19)13-21(28)25-16-6-2-5-15(24)11-16/h2-12,20H,13-14H2,1H3,(H,25,28)/t20-/m0/s1. The molecule has 32 heavy (non-hydrogen) atoms.